The van der Waals surface area contributed by atoms with Crippen molar-refractivity contribution in [1.29, 1.82) is 0 Å². The van der Waals surface area contributed by atoms with Crippen LogP contribution in [0.4, 0.5) is 4.39 Å². The first-order chi connectivity index (χ1) is 11.1. The second-order valence-electron chi connectivity index (χ2n) is 6.52. The van der Waals surface area contributed by atoms with Crippen molar-refractivity contribution >= 4 is 6.08 Å². The summed E-state index contributed by atoms with van der Waals surface area (Å²) in [5.74, 6) is -0.228. The third kappa shape index (κ3) is 2.11. The molecule has 116 valence electrons. The minimum atomic E-state index is -0.228. The molecule has 1 aromatic carbocycles. The molecular formula is C20H19FN2. The molecule has 0 saturated carbocycles. The van der Waals surface area contributed by atoms with E-state index in [1.54, 1.807) is 12.1 Å². The van der Waals surface area contributed by atoms with Crippen molar-refractivity contribution in [2.45, 2.75) is 26.2 Å². The average molecular weight is 306 g/mol. The molecular weight excluding hydrogens is 287 g/mol. The van der Waals surface area contributed by atoms with Crippen molar-refractivity contribution in [1.82, 2.24) is 9.78 Å². The SMILES string of the molecule is C=CC1=CCCC2=Cc3c(cnn3-c3ccc(F)cc3)C[C@]12C. The lowest BCUT2D eigenvalue weighted by Gasteiger charge is -2.39. The van der Waals surface area contributed by atoms with Gasteiger partial charge in [-0.2, -0.15) is 5.10 Å². The lowest BCUT2D eigenvalue weighted by Crippen LogP contribution is -2.29. The molecule has 0 spiro atoms. The van der Waals surface area contributed by atoms with Crippen molar-refractivity contribution in [2.75, 3.05) is 0 Å². The number of hydrogen-bond donors (Lipinski definition) is 0. The van der Waals surface area contributed by atoms with Gasteiger partial charge in [-0.15, -0.1) is 0 Å². The molecule has 1 atom stereocenters. The van der Waals surface area contributed by atoms with E-state index < -0.39 is 0 Å². The molecule has 0 radical (unpaired) electrons. The Bertz CT molecular complexity index is 839. The maximum Gasteiger partial charge on any atom is 0.123 e. The summed E-state index contributed by atoms with van der Waals surface area (Å²) >= 11 is 0. The third-order valence-electron chi connectivity index (χ3n) is 5.16. The van der Waals surface area contributed by atoms with Crippen LogP contribution in [0.25, 0.3) is 11.8 Å². The quantitative estimate of drug-likeness (QED) is 0.774. The number of halogens is 1. The zero-order valence-corrected chi connectivity index (χ0v) is 13.2. The number of allylic oxidation sites excluding steroid dienone is 4. The van der Waals surface area contributed by atoms with Gasteiger partial charge >= 0.3 is 0 Å². The monoisotopic (exact) mass is 306 g/mol. The smallest absolute Gasteiger partial charge is 0.123 e. The molecule has 0 N–H and O–H groups in total. The lowest BCUT2D eigenvalue weighted by molar-refractivity contribution is 0.449. The van der Waals surface area contributed by atoms with E-state index in [2.05, 4.69) is 30.8 Å². The van der Waals surface area contributed by atoms with Crippen LogP contribution in [0.2, 0.25) is 0 Å². The van der Waals surface area contributed by atoms with Crippen molar-refractivity contribution in [3.63, 3.8) is 0 Å². The minimum absolute atomic E-state index is 0.0314. The zero-order valence-electron chi connectivity index (χ0n) is 13.2. The molecule has 0 unspecified atom stereocenters. The Hall–Kier alpha value is -2.42. The number of aromatic nitrogens is 2. The predicted octanol–water partition coefficient (Wildman–Crippen LogP) is 4.86. The van der Waals surface area contributed by atoms with Gasteiger partial charge in [0.05, 0.1) is 17.6 Å². The van der Waals surface area contributed by atoms with Gasteiger partial charge in [-0.05, 0) is 60.7 Å². The highest BCUT2D eigenvalue weighted by molar-refractivity contribution is 5.64. The molecule has 2 aliphatic rings. The molecule has 0 saturated heterocycles. The summed E-state index contributed by atoms with van der Waals surface area (Å²) in [7, 11) is 0. The van der Waals surface area contributed by atoms with Gasteiger partial charge in [-0.25, -0.2) is 9.07 Å². The number of benzene rings is 1. The van der Waals surface area contributed by atoms with Crippen LogP contribution in [0.1, 0.15) is 31.0 Å². The maximum atomic E-state index is 13.2. The van der Waals surface area contributed by atoms with E-state index >= 15 is 0 Å². The summed E-state index contributed by atoms with van der Waals surface area (Å²) in [5.41, 5.74) is 6.03. The fraction of sp³-hybridized carbons (Fsp3) is 0.250. The Kier molecular flexibility index (Phi) is 3.12. The highest BCUT2D eigenvalue weighted by Gasteiger charge is 2.38. The molecule has 0 aliphatic heterocycles. The summed E-state index contributed by atoms with van der Waals surface area (Å²) in [6.45, 7) is 6.28. The van der Waals surface area contributed by atoms with Gasteiger partial charge in [0.2, 0.25) is 0 Å². The number of nitrogens with zero attached hydrogens (tertiary/aromatic N) is 2. The predicted molar refractivity (Wildman–Crippen MR) is 90.8 cm³/mol. The van der Waals surface area contributed by atoms with E-state index in [1.165, 1.54) is 28.8 Å². The summed E-state index contributed by atoms with van der Waals surface area (Å²) in [6.07, 6.45) is 11.6. The van der Waals surface area contributed by atoms with Crippen molar-refractivity contribution in [3.8, 4) is 5.69 Å². The second kappa shape index (κ2) is 5.05. The van der Waals surface area contributed by atoms with Gasteiger partial charge in [0.15, 0.2) is 0 Å². The summed E-state index contributed by atoms with van der Waals surface area (Å²) < 4.78 is 15.1. The van der Waals surface area contributed by atoms with E-state index in [1.807, 2.05) is 17.0 Å². The van der Waals surface area contributed by atoms with Crippen LogP contribution in [-0.4, -0.2) is 9.78 Å². The first kappa shape index (κ1) is 14.2. The first-order valence-electron chi connectivity index (χ1n) is 7.99. The highest BCUT2D eigenvalue weighted by Crippen LogP contribution is 2.48. The Morgan fingerprint density at radius 2 is 2.09 bits per heavy atom. The molecule has 2 aliphatic carbocycles. The van der Waals surface area contributed by atoms with Crippen LogP contribution in [-0.2, 0) is 6.42 Å². The molecule has 2 aromatic rings. The summed E-state index contributed by atoms with van der Waals surface area (Å²) in [4.78, 5) is 0. The molecule has 4 rings (SSSR count). The Balaban J connectivity index is 1.83. The van der Waals surface area contributed by atoms with E-state index in [0.717, 1.165) is 30.6 Å². The molecule has 0 amide bonds. The first-order valence-corrected chi connectivity index (χ1v) is 7.99. The van der Waals surface area contributed by atoms with Crippen LogP contribution in [0.5, 0.6) is 0 Å². The largest absolute Gasteiger partial charge is 0.233 e. The van der Waals surface area contributed by atoms with E-state index in [0.29, 0.717) is 0 Å². The van der Waals surface area contributed by atoms with Crippen LogP contribution in [0, 0.1) is 11.2 Å². The molecule has 2 nitrogen and oxygen atoms in total. The van der Waals surface area contributed by atoms with E-state index in [-0.39, 0.29) is 11.2 Å². The van der Waals surface area contributed by atoms with Crippen LogP contribution in [0.15, 0.2) is 60.3 Å². The Morgan fingerprint density at radius 1 is 1.30 bits per heavy atom. The lowest BCUT2D eigenvalue weighted by atomic mass is 9.64. The Labute approximate surface area is 135 Å². The van der Waals surface area contributed by atoms with Gasteiger partial charge in [0, 0.05) is 5.41 Å². The molecule has 1 aromatic heterocycles. The van der Waals surface area contributed by atoms with E-state index in [9.17, 15) is 4.39 Å². The minimum Gasteiger partial charge on any atom is -0.233 e. The normalized spacial score (nSPS) is 22.7. The summed E-state index contributed by atoms with van der Waals surface area (Å²) in [5, 5.41) is 4.54. The van der Waals surface area contributed by atoms with Crippen molar-refractivity contribution < 1.29 is 4.39 Å². The number of rotatable bonds is 2. The van der Waals surface area contributed by atoms with Gasteiger partial charge in [-0.1, -0.05) is 31.2 Å². The molecule has 23 heavy (non-hydrogen) atoms. The third-order valence-corrected chi connectivity index (χ3v) is 5.16. The maximum absolute atomic E-state index is 13.2. The highest BCUT2D eigenvalue weighted by atomic mass is 19.1. The molecule has 0 bridgehead atoms. The Morgan fingerprint density at radius 3 is 2.83 bits per heavy atom. The van der Waals surface area contributed by atoms with Crippen LogP contribution >= 0.6 is 0 Å². The number of hydrogen-bond acceptors (Lipinski definition) is 1. The zero-order chi connectivity index (χ0) is 16.0. The van der Waals surface area contributed by atoms with E-state index in [4.69, 9.17) is 0 Å². The van der Waals surface area contributed by atoms with Crippen molar-refractivity contribution in [3.05, 3.63) is 77.4 Å². The second-order valence-corrected chi connectivity index (χ2v) is 6.52. The van der Waals surface area contributed by atoms with Gasteiger partial charge < -0.3 is 0 Å². The van der Waals surface area contributed by atoms with Gasteiger partial charge in [0.25, 0.3) is 0 Å². The standard InChI is InChI=1S/C20H19FN2/c1-3-15-5-4-6-16-11-19-14(12-20(15,16)2)13-22-23(19)18-9-7-17(21)8-10-18/h3,5,7-11,13H,1,4,6,12H2,2H3/t20-/m1/s1. The molecule has 3 heteroatoms. The van der Waals surface area contributed by atoms with Gasteiger partial charge in [-0.3, -0.25) is 0 Å². The average Bonchev–Trinajstić information content (AvgIpc) is 2.94. The number of fused-ring (bicyclic) bond motifs is 2. The van der Waals surface area contributed by atoms with Crippen LogP contribution < -0.4 is 0 Å². The van der Waals surface area contributed by atoms with Crippen molar-refractivity contribution in [2.24, 2.45) is 5.41 Å². The topological polar surface area (TPSA) is 17.8 Å². The molecule has 0 fully saturated rings. The fourth-order valence-corrected chi connectivity index (χ4v) is 3.84. The summed E-state index contributed by atoms with van der Waals surface area (Å²) in [6, 6.07) is 6.49. The molecule has 1 heterocycles. The fourth-order valence-electron chi connectivity index (χ4n) is 3.84. The van der Waals surface area contributed by atoms with Gasteiger partial charge in [0.1, 0.15) is 5.82 Å². The van der Waals surface area contributed by atoms with Crippen LogP contribution in [0.3, 0.4) is 0 Å².